The third-order valence-electron chi connectivity index (χ3n) is 3.38. The normalized spacial score (nSPS) is 14.1. The first-order chi connectivity index (χ1) is 9.25. The van der Waals surface area contributed by atoms with E-state index in [1.54, 1.807) is 23.2 Å². The Kier molecular flexibility index (Phi) is 3.22. The molecular formula is C15H13ClN2O. The van der Waals surface area contributed by atoms with E-state index in [-0.39, 0.29) is 5.91 Å². The van der Waals surface area contributed by atoms with E-state index in [9.17, 15) is 4.79 Å². The Morgan fingerprint density at radius 1 is 1.16 bits per heavy atom. The van der Waals surface area contributed by atoms with Crippen LogP contribution in [0.1, 0.15) is 21.6 Å². The summed E-state index contributed by atoms with van der Waals surface area (Å²) in [5, 5.41) is 0.409. The monoisotopic (exact) mass is 272 g/mol. The molecule has 0 spiro atoms. The first kappa shape index (κ1) is 12.2. The molecule has 0 fully saturated rings. The fourth-order valence-electron chi connectivity index (χ4n) is 2.36. The number of rotatable bonds is 1. The van der Waals surface area contributed by atoms with Crippen molar-refractivity contribution >= 4 is 17.5 Å². The molecule has 0 unspecified atom stereocenters. The first-order valence-electron chi connectivity index (χ1n) is 6.22. The smallest absolute Gasteiger partial charge is 0.274 e. The number of halogens is 1. The number of pyridine rings is 1. The molecule has 1 aromatic heterocycles. The number of amides is 1. The van der Waals surface area contributed by atoms with E-state index in [0.29, 0.717) is 23.8 Å². The Bertz CT molecular complexity index is 627. The number of nitrogens with zero attached hydrogens (tertiary/aromatic N) is 2. The SMILES string of the molecule is O=C(c1ncccc1Cl)N1CCc2ccccc2C1. The molecule has 1 amide bonds. The van der Waals surface area contributed by atoms with Gasteiger partial charge in [-0.25, -0.2) is 4.98 Å². The minimum absolute atomic E-state index is 0.0971. The second-order valence-electron chi connectivity index (χ2n) is 4.58. The van der Waals surface area contributed by atoms with Crippen LogP contribution >= 0.6 is 11.6 Å². The van der Waals surface area contributed by atoms with Crippen molar-refractivity contribution in [3.63, 3.8) is 0 Å². The standard InChI is InChI=1S/C15H13ClN2O/c16-13-6-3-8-17-14(13)15(19)18-9-7-11-4-1-2-5-12(11)10-18/h1-6,8H,7,9-10H2. The van der Waals surface area contributed by atoms with E-state index in [0.717, 1.165) is 6.42 Å². The van der Waals surface area contributed by atoms with E-state index in [2.05, 4.69) is 17.1 Å². The number of hydrogen-bond acceptors (Lipinski definition) is 2. The van der Waals surface area contributed by atoms with Gasteiger partial charge in [-0.2, -0.15) is 0 Å². The lowest BCUT2D eigenvalue weighted by atomic mass is 10.00. The third-order valence-corrected chi connectivity index (χ3v) is 3.68. The zero-order valence-electron chi connectivity index (χ0n) is 10.3. The number of aromatic nitrogens is 1. The molecule has 0 saturated carbocycles. The molecule has 2 heterocycles. The zero-order valence-corrected chi connectivity index (χ0v) is 11.1. The van der Waals surface area contributed by atoms with Crippen molar-refractivity contribution in [2.24, 2.45) is 0 Å². The first-order valence-corrected chi connectivity index (χ1v) is 6.60. The van der Waals surface area contributed by atoms with E-state index in [4.69, 9.17) is 11.6 Å². The lowest BCUT2D eigenvalue weighted by Gasteiger charge is -2.28. The van der Waals surface area contributed by atoms with Crippen molar-refractivity contribution < 1.29 is 4.79 Å². The van der Waals surface area contributed by atoms with Gasteiger partial charge in [-0.3, -0.25) is 4.79 Å². The highest BCUT2D eigenvalue weighted by Crippen LogP contribution is 2.21. The van der Waals surface area contributed by atoms with Gasteiger partial charge < -0.3 is 4.90 Å². The molecule has 0 radical (unpaired) electrons. The molecule has 0 bridgehead atoms. The lowest BCUT2D eigenvalue weighted by molar-refractivity contribution is 0.0729. The predicted molar refractivity (Wildman–Crippen MR) is 74.1 cm³/mol. The summed E-state index contributed by atoms with van der Waals surface area (Å²) in [5.41, 5.74) is 2.86. The maximum Gasteiger partial charge on any atom is 0.274 e. The predicted octanol–water partition coefficient (Wildman–Crippen LogP) is 2.93. The maximum atomic E-state index is 12.4. The van der Waals surface area contributed by atoms with Crippen LogP contribution in [0.25, 0.3) is 0 Å². The van der Waals surface area contributed by atoms with Crippen molar-refractivity contribution in [3.05, 3.63) is 64.4 Å². The van der Waals surface area contributed by atoms with Crippen molar-refractivity contribution in [2.75, 3.05) is 6.54 Å². The fraction of sp³-hybridized carbons (Fsp3) is 0.200. The molecule has 0 aliphatic carbocycles. The van der Waals surface area contributed by atoms with Crippen molar-refractivity contribution in [1.29, 1.82) is 0 Å². The van der Waals surface area contributed by atoms with Crippen molar-refractivity contribution in [2.45, 2.75) is 13.0 Å². The number of hydrogen-bond donors (Lipinski definition) is 0. The summed E-state index contributed by atoms with van der Waals surface area (Å²) < 4.78 is 0. The van der Waals surface area contributed by atoms with Crippen LogP contribution in [0.4, 0.5) is 0 Å². The highest BCUT2D eigenvalue weighted by Gasteiger charge is 2.23. The van der Waals surface area contributed by atoms with Crippen LogP contribution in [0.5, 0.6) is 0 Å². The summed E-state index contributed by atoms with van der Waals surface area (Å²) in [6.45, 7) is 1.34. The second kappa shape index (κ2) is 5.02. The third kappa shape index (κ3) is 2.34. The van der Waals surface area contributed by atoms with E-state index in [1.807, 2.05) is 12.1 Å². The van der Waals surface area contributed by atoms with E-state index < -0.39 is 0 Å². The molecule has 96 valence electrons. The molecule has 19 heavy (non-hydrogen) atoms. The molecule has 0 saturated heterocycles. The van der Waals surface area contributed by atoms with Crippen LogP contribution in [0.3, 0.4) is 0 Å². The van der Waals surface area contributed by atoms with Gasteiger partial charge in [-0.1, -0.05) is 35.9 Å². The number of benzene rings is 1. The quantitative estimate of drug-likeness (QED) is 0.800. The molecule has 0 N–H and O–H groups in total. The number of carbonyl (C=O) groups excluding carboxylic acids is 1. The van der Waals surface area contributed by atoms with Crippen molar-refractivity contribution in [1.82, 2.24) is 9.88 Å². The highest BCUT2D eigenvalue weighted by molar-refractivity contribution is 6.33. The Labute approximate surface area is 116 Å². The topological polar surface area (TPSA) is 33.2 Å². The summed E-state index contributed by atoms with van der Waals surface area (Å²) in [5.74, 6) is -0.0971. The molecule has 3 nitrogen and oxygen atoms in total. The summed E-state index contributed by atoms with van der Waals surface area (Å²) in [6.07, 6.45) is 2.48. The molecule has 0 atom stereocenters. The fourth-order valence-corrected chi connectivity index (χ4v) is 2.56. The van der Waals surface area contributed by atoms with Crippen LogP contribution in [-0.4, -0.2) is 22.3 Å². The van der Waals surface area contributed by atoms with Crippen LogP contribution in [0.2, 0.25) is 5.02 Å². The van der Waals surface area contributed by atoms with Gasteiger partial charge >= 0.3 is 0 Å². The molecule has 1 aliphatic heterocycles. The van der Waals surface area contributed by atoms with Gasteiger partial charge in [0.25, 0.3) is 5.91 Å². The Hall–Kier alpha value is -1.87. The Balaban J connectivity index is 1.86. The van der Waals surface area contributed by atoms with E-state index >= 15 is 0 Å². The lowest BCUT2D eigenvalue weighted by Crippen LogP contribution is -2.36. The highest BCUT2D eigenvalue weighted by atomic mass is 35.5. The van der Waals surface area contributed by atoms with Crippen LogP contribution in [-0.2, 0) is 13.0 Å². The largest absolute Gasteiger partial charge is 0.333 e. The molecule has 3 rings (SSSR count). The summed E-state index contributed by atoms with van der Waals surface area (Å²) in [7, 11) is 0. The number of fused-ring (bicyclic) bond motifs is 1. The van der Waals surface area contributed by atoms with Gasteiger partial charge in [0.2, 0.25) is 0 Å². The van der Waals surface area contributed by atoms with Gasteiger partial charge in [0.05, 0.1) is 5.02 Å². The van der Waals surface area contributed by atoms with Crippen molar-refractivity contribution in [3.8, 4) is 0 Å². The summed E-state index contributed by atoms with van der Waals surface area (Å²) in [6, 6.07) is 11.6. The number of carbonyl (C=O) groups is 1. The zero-order chi connectivity index (χ0) is 13.2. The van der Waals surface area contributed by atoms with Crippen LogP contribution < -0.4 is 0 Å². The summed E-state index contributed by atoms with van der Waals surface area (Å²) >= 11 is 6.03. The van der Waals surface area contributed by atoms with Gasteiger partial charge in [-0.05, 0) is 29.7 Å². The second-order valence-corrected chi connectivity index (χ2v) is 4.99. The molecule has 1 aromatic carbocycles. The van der Waals surface area contributed by atoms with Gasteiger partial charge in [0.1, 0.15) is 5.69 Å². The summed E-state index contributed by atoms with van der Waals surface area (Å²) in [4.78, 5) is 18.3. The van der Waals surface area contributed by atoms with Gasteiger partial charge in [-0.15, -0.1) is 0 Å². The minimum Gasteiger partial charge on any atom is -0.333 e. The van der Waals surface area contributed by atoms with Gasteiger partial charge in [0, 0.05) is 19.3 Å². The Morgan fingerprint density at radius 2 is 1.95 bits per heavy atom. The Morgan fingerprint density at radius 3 is 2.74 bits per heavy atom. The van der Waals surface area contributed by atoms with Crippen LogP contribution in [0, 0.1) is 0 Å². The molecular weight excluding hydrogens is 260 g/mol. The van der Waals surface area contributed by atoms with Gasteiger partial charge in [0.15, 0.2) is 0 Å². The molecule has 2 aromatic rings. The maximum absolute atomic E-state index is 12.4. The molecule has 4 heteroatoms. The van der Waals surface area contributed by atoms with Crippen LogP contribution in [0.15, 0.2) is 42.6 Å². The average molecular weight is 273 g/mol. The average Bonchev–Trinajstić information content (AvgIpc) is 2.46. The van der Waals surface area contributed by atoms with E-state index in [1.165, 1.54) is 11.1 Å². The molecule has 1 aliphatic rings. The minimum atomic E-state index is -0.0971.